The molecule has 4 nitrogen and oxygen atoms in total. The molecular weight excluding hydrogens is 771 g/mol. The molecule has 1 N–H and O–H groups in total. The van der Waals surface area contributed by atoms with Crippen LogP contribution in [0.2, 0.25) is 0 Å². The van der Waals surface area contributed by atoms with Gasteiger partial charge < -0.3 is 5.11 Å². The third-order valence-electron chi connectivity index (χ3n) is 6.43. The normalized spacial score (nSPS) is 12.7. The number of rotatable bonds is 5. The first-order valence-electron chi connectivity index (χ1n) is 13.1. The number of fused-ring (bicyclic) bond motifs is 2. The molecule has 0 spiro atoms. The van der Waals surface area contributed by atoms with Gasteiger partial charge in [-0.3, -0.25) is 9.78 Å². The summed E-state index contributed by atoms with van der Waals surface area (Å²) in [6, 6.07) is 13.7. The average Bonchev–Trinajstić information content (AvgIpc) is 3.21. The number of hydrogen-bond donors (Lipinski definition) is 1. The third kappa shape index (κ3) is 9.33. The maximum atomic E-state index is 12.7. The molecule has 4 aromatic rings. The van der Waals surface area contributed by atoms with Crippen LogP contribution in [0, 0.1) is 18.9 Å². The van der Waals surface area contributed by atoms with Gasteiger partial charge in [0.2, 0.25) is 0 Å². The molecule has 2 aromatic heterocycles. The molecule has 0 aliphatic heterocycles. The van der Waals surface area contributed by atoms with Crippen molar-refractivity contribution in [2.24, 2.45) is 5.92 Å². The Kier molecular flexibility index (Phi) is 11.7. The smallest absolute Gasteiger partial charge is 0.454 e. The maximum absolute atomic E-state index is 12.7. The van der Waals surface area contributed by atoms with Gasteiger partial charge in [0.15, 0.2) is 0 Å². The molecule has 2 heterocycles. The van der Waals surface area contributed by atoms with E-state index >= 15 is 0 Å². The second-order valence-electron chi connectivity index (χ2n) is 11.1. The fourth-order valence-electron chi connectivity index (χ4n) is 4.12. The molecule has 0 unspecified atom stereocenters. The van der Waals surface area contributed by atoms with Crippen molar-refractivity contribution in [1.29, 1.82) is 0 Å². The summed E-state index contributed by atoms with van der Waals surface area (Å²) in [4.78, 5) is 19.8. The van der Waals surface area contributed by atoms with Gasteiger partial charge in [-0.25, -0.2) is 4.98 Å². The number of benzene rings is 2. The average molecular weight is 802 g/mol. The molecule has 0 fully saturated rings. The number of alkyl halides is 6. The molecule has 0 atom stereocenters. The van der Waals surface area contributed by atoms with Gasteiger partial charge in [-0.2, -0.15) is 26.3 Å². The van der Waals surface area contributed by atoms with Gasteiger partial charge in [0.05, 0.1) is 11.3 Å². The second kappa shape index (κ2) is 13.9. The second-order valence-corrected chi connectivity index (χ2v) is 12.2. The summed E-state index contributed by atoms with van der Waals surface area (Å²) in [6.45, 7) is 11.3. The van der Waals surface area contributed by atoms with Crippen LogP contribution in [0.4, 0.5) is 26.3 Å². The summed E-state index contributed by atoms with van der Waals surface area (Å²) in [5.41, 5.74) is 4.20. The fraction of sp³-hybridized carbons (Fsp3) is 0.387. The number of halogens is 6. The van der Waals surface area contributed by atoms with E-state index in [1.165, 1.54) is 37.1 Å². The predicted molar refractivity (Wildman–Crippen MR) is 154 cm³/mol. The SMILES string of the molecule is CC(C)/C(O)=C/C(=O)C(F)(F)F.Cc1c(CCC(F)(F)F)sc2c(-c3[c-]c4ccccc4c(C(C)(C)C)c3)ncnc12.[Ir]. The Morgan fingerprint density at radius 3 is 2.26 bits per heavy atom. The number of aliphatic hydroxyl groups excluding tert-OH is 1. The third-order valence-corrected chi connectivity index (χ3v) is 7.77. The molecule has 0 saturated heterocycles. The predicted octanol–water partition coefficient (Wildman–Crippen LogP) is 9.63. The summed E-state index contributed by atoms with van der Waals surface area (Å²) in [7, 11) is 0. The fourth-order valence-corrected chi connectivity index (χ4v) is 5.38. The Hall–Kier alpha value is -2.82. The van der Waals surface area contributed by atoms with Gasteiger partial charge in [0.1, 0.15) is 6.33 Å². The Labute approximate surface area is 263 Å². The van der Waals surface area contributed by atoms with Crippen LogP contribution in [0.5, 0.6) is 0 Å². The molecule has 0 aliphatic rings. The Balaban J connectivity index is 0.000000424. The van der Waals surface area contributed by atoms with E-state index in [0.29, 0.717) is 4.88 Å². The Bertz CT molecular complexity index is 1620. The number of aryl methyl sites for hydroxylation is 2. The quantitative estimate of drug-likeness (QED) is 0.0946. The summed E-state index contributed by atoms with van der Waals surface area (Å²) in [5.74, 6) is -3.07. The van der Waals surface area contributed by atoms with Crippen LogP contribution in [0.15, 0.2) is 48.5 Å². The number of carbonyl (C=O) groups excluding carboxylic acids is 1. The maximum Gasteiger partial charge on any atom is 0.454 e. The van der Waals surface area contributed by atoms with Crippen LogP contribution in [-0.4, -0.2) is 33.2 Å². The number of allylic oxidation sites excluding steroid dienone is 2. The van der Waals surface area contributed by atoms with E-state index in [1.54, 1.807) is 0 Å². The molecule has 12 heteroatoms. The molecule has 0 bridgehead atoms. The summed E-state index contributed by atoms with van der Waals surface area (Å²) >= 11 is 1.36. The number of aromatic nitrogens is 2. The number of nitrogens with zero attached hydrogens (tertiary/aromatic N) is 2. The van der Waals surface area contributed by atoms with E-state index in [0.717, 1.165) is 37.8 Å². The zero-order valence-corrected chi connectivity index (χ0v) is 27.5. The molecule has 2 aromatic carbocycles. The zero-order valence-electron chi connectivity index (χ0n) is 24.3. The summed E-state index contributed by atoms with van der Waals surface area (Å²) in [6.07, 6.45) is -8.26. The summed E-state index contributed by atoms with van der Waals surface area (Å²) < 4.78 is 73.8. The first-order valence-corrected chi connectivity index (χ1v) is 13.9. The van der Waals surface area contributed by atoms with Gasteiger partial charge in [-0.05, 0) is 24.3 Å². The van der Waals surface area contributed by atoms with Gasteiger partial charge in [0.25, 0.3) is 5.78 Å². The first kappa shape index (κ1) is 36.4. The van der Waals surface area contributed by atoms with E-state index in [-0.39, 0.29) is 38.0 Å². The number of aliphatic hydroxyl groups is 1. The largest absolute Gasteiger partial charge is 0.512 e. The van der Waals surface area contributed by atoms with Gasteiger partial charge in [-0.1, -0.05) is 63.8 Å². The molecule has 0 saturated carbocycles. The zero-order chi connectivity index (χ0) is 31.6. The molecule has 0 amide bonds. The Morgan fingerprint density at radius 1 is 1.07 bits per heavy atom. The van der Waals surface area contributed by atoms with Crippen LogP contribution in [0.3, 0.4) is 0 Å². The van der Waals surface area contributed by atoms with Crippen molar-refractivity contribution in [2.75, 3.05) is 0 Å². The van der Waals surface area contributed by atoms with Crippen LogP contribution < -0.4 is 0 Å². The van der Waals surface area contributed by atoms with E-state index < -0.39 is 36.2 Å². The number of thiophene rings is 1. The molecule has 43 heavy (non-hydrogen) atoms. The van der Waals surface area contributed by atoms with Crippen molar-refractivity contribution in [3.8, 4) is 11.3 Å². The minimum atomic E-state index is -4.90. The van der Waals surface area contributed by atoms with Crippen molar-refractivity contribution in [1.82, 2.24) is 9.97 Å². The van der Waals surface area contributed by atoms with Crippen LogP contribution in [0.25, 0.3) is 32.2 Å². The van der Waals surface area contributed by atoms with Crippen molar-refractivity contribution in [2.45, 2.75) is 72.2 Å². The molecule has 235 valence electrons. The Morgan fingerprint density at radius 2 is 1.70 bits per heavy atom. The molecule has 1 radical (unpaired) electrons. The number of ketones is 1. The first-order chi connectivity index (χ1) is 19.3. The minimum Gasteiger partial charge on any atom is -0.512 e. The molecular formula is C31H31F6IrN2O2S-. The molecule has 4 rings (SSSR count). The van der Waals surface area contributed by atoms with Crippen LogP contribution in [0.1, 0.15) is 57.0 Å². The monoisotopic (exact) mass is 802 g/mol. The van der Waals surface area contributed by atoms with Crippen LogP contribution >= 0.6 is 11.3 Å². The minimum absolute atomic E-state index is 0. The standard InChI is InChI=1S/C24H22F3N2S.C7H9F3O2.Ir/c1-14-19(9-10-24(25,26)27)30-22-20(14)28-13-29-21(22)16-11-15-7-5-6-8-17(15)18(12-16)23(2,3)4;1-4(2)5(11)3-6(12)7(8,9)10;/h5-8,12-13H,9-10H2,1-4H3;3-4,11H,1-2H3;/q-1;;/b;5-3-;. The van der Waals surface area contributed by atoms with Crippen molar-refractivity contribution in [3.63, 3.8) is 0 Å². The number of carbonyl (C=O) groups is 1. The van der Waals surface area contributed by atoms with E-state index in [9.17, 15) is 31.1 Å². The van der Waals surface area contributed by atoms with Crippen LogP contribution in [-0.2, 0) is 36.7 Å². The van der Waals surface area contributed by atoms with Crippen molar-refractivity contribution in [3.05, 3.63) is 70.6 Å². The van der Waals surface area contributed by atoms with Crippen molar-refractivity contribution < 1.29 is 56.3 Å². The van der Waals surface area contributed by atoms with E-state index in [4.69, 9.17) is 5.11 Å². The van der Waals surface area contributed by atoms with Gasteiger partial charge in [-0.15, -0.1) is 40.5 Å². The van der Waals surface area contributed by atoms with E-state index in [2.05, 4.69) is 48.9 Å². The van der Waals surface area contributed by atoms with Gasteiger partial charge in [0, 0.05) is 53.8 Å². The van der Waals surface area contributed by atoms with Gasteiger partial charge >= 0.3 is 12.4 Å². The molecule has 0 aliphatic carbocycles. The summed E-state index contributed by atoms with van der Waals surface area (Å²) in [5, 5.41) is 10.9. The van der Waals surface area contributed by atoms with E-state index in [1.807, 2.05) is 25.1 Å². The topological polar surface area (TPSA) is 63.1 Å². The number of hydrogen-bond acceptors (Lipinski definition) is 5. The van der Waals surface area contributed by atoms with Crippen molar-refractivity contribution >= 4 is 38.1 Å².